The van der Waals surface area contributed by atoms with Crippen molar-refractivity contribution >= 4 is 15.9 Å². The summed E-state index contributed by atoms with van der Waals surface area (Å²) < 4.78 is 40.1. The van der Waals surface area contributed by atoms with Crippen LogP contribution in [0.3, 0.4) is 0 Å². The zero-order valence-corrected chi connectivity index (χ0v) is 18.7. The van der Waals surface area contributed by atoms with Gasteiger partial charge in [-0.2, -0.15) is 0 Å². The number of nitrogens with zero attached hydrogens (tertiary/aromatic N) is 2. The van der Waals surface area contributed by atoms with E-state index < -0.39 is 10.0 Å². The van der Waals surface area contributed by atoms with Gasteiger partial charge in [-0.1, -0.05) is 36.4 Å². The van der Waals surface area contributed by atoms with E-state index in [-0.39, 0.29) is 30.1 Å². The Kier molecular flexibility index (Phi) is 7.66. The van der Waals surface area contributed by atoms with E-state index >= 15 is 0 Å². The van der Waals surface area contributed by atoms with Crippen molar-refractivity contribution in [3.63, 3.8) is 0 Å². The van der Waals surface area contributed by atoms with Gasteiger partial charge in [0.1, 0.15) is 11.6 Å². The fraction of sp³-hybridized carbons (Fsp3) is 0.261. The maximum Gasteiger partial charge on any atom is 0.254 e. The van der Waals surface area contributed by atoms with Gasteiger partial charge in [0.25, 0.3) is 5.91 Å². The van der Waals surface area contributed by atoms with Crippen LogP contribution in [0.5, 0.6) is 0 Å². The molecule has 3 rings (SSSR count). The molecule has 0 spiro atoms. The molecule has 1 amide bonds. The average molecular weight is 457 g/mol. The van der Waals surface area contributed by atoms with Crippen molar-refractivity contribution in [2.75, 3.05) is 0 Å². The van der Waals surface area contributed by atoms with Crippen LogP contribution in [0.15, 0.2) is 60.9 Å². The van der Waals surface area contributed by atoms with Gasteiger partial charge in [0.05, 0.1) is 11.3 Å². The minimum absolute atomic E-state index is 0.131. The molecule has 0 atom stereocenters. The highest BCUT2D eigenvalue weighted by Gasteiger charge is 2.13. The lowest BCUT2D eigenvalue weighted by Gasteiger charge is -2.11. The Morgan fingerprint density at radius 2 is 1.66 bits per heavy atom. The van der Waals surface area contributed by atoms with Crippen LogP contribution in [0.25, 0.3) is 0 Å². The summed E-state index contributed by atoms with van der Waals surface area (Å²) in [6, 6.07) is 13.1. The Bertz CT molecular complexity index is 1180. The molecule has 168 valence electrons. The van der Waals surface area contributed by atoms with Gasteiger partial charge < -0.3 is 5.32 Å². The summed E-state index contributed by atoms with van der Waals surface area (Å²) in [4.78, 5) is 20.8. The van der Waals surface area contributed by atoms with Crippen LogP contribution in [0.2, 0.25) is 0 Å². The van der Waals surface area contributed by atoms with Crippen LogP contribution in [-0.2, 0) is 28.7 Å². The highest BCUT2D eigenvalue weighted by molar-refractivity contribution is 7.88. The second-order valence-electron chi connectivity index (χ2n) is 7.73. The number of aromatic nitrogens is 2. The van der Waals surface area contributed by atoms with Crippen molar-refractivity contribution < 1.29 is 17.6 Å². The Labute approximate surface area is 187 Å². The van der Waals surface area contributed by atoms with Crippen molar-refractivity contribution in [1.29, 1.82) is 0 Å². The number of benzene rings is 2. The zero-order chi connectivity index (χ0) is 23.1. The van der Waals surface area contributed by atoms with Gasteiger partial charge in [-0.15, -0.1) is 0 Å². The second kappa shape index (κ2) is 10.4. The summed E-state index contributed by atoms with van der Waals surface area (Å²) in [6.07, 6.45) is 3.22. The third-order valence-electron chi connectivity index (χ3n) is 4.44. The lowest BCUT2D eigenvalue weighted by Crippen LogP contribution is -2.31. The predicted molar refractivity (Wildman–Crippen MR) is 120 cm³/mol. The van der Waals surface area contributed by atoms with E-state index in [2.05, 4.69) is 20.0 Å². The fourth-order valence-corrected chi connectivity index (χ4v) is 4.55. The molecule has 1 heterocycles. The smallest absolute Gasteiger partial charge is 0.254 e. The van der Waals surface area contributed by atoms with Gasteiger partial charge in [-0.25, -0.2) is 27.5 Å². The summed E-state index contributed by atoms with van der Waals surface area (Å²) in [5, 5.41) is 2.78. The number of sulfonamides is 1. The summed E-state index contributed by atoms with van der Waals surface area (Å²) in [6.45, 7) is 3.76. The SMILES string of the molecule is CC(C)NS(=O)(=O)Cc1cccc(CNC(=O)c2cnc(Cc3cccc(F)c3)nc2)c1. The van der Waals surface area contributed by atoms with E-state index in [9.17, 15) is 17.6 Å². The molecule has 0 saturated carbocycles. The molecule has 32 heavy (non-hydrogen) atoms. The van der Waals surface area contributed by atoms with Crippen molar-refractivity contribution in [1.82, 2.24) is 20.0 Å². The molecule has 1 aromatic heterocycles. The molecule has 0 aliphatic heterocycles. The average Bonchev–Trinajstić information content (AvgIpc) is 2.71. The number of carbonyl (C=O) groups excluding carboxylic acids is 1. The van der Waals surface area contributed by atoms with Crippen LogP contribution in [0.4, 0.5) is 4.39 Å². The van der Waals surface area contributed by atoms with Crippen LogP contribution in [-0.4, -0.2) is 30.3 Å². The monoisotopic (exact) mass is 456 g/mol. The lowest BCUT2D eigenvalue weighted by molar-refractivity contribution is 0.0950. The number of hydrogen-bond donors (Lipinski definition) is 2. The van der Waals surface area contributed by atoms with E-state index in [1.807, 2.05) is 6.07 Å². The maximum absolute atomic E-state index is 13.3. The number of halogens is 1. The number of amides is 1. The highest BCUT2D eigenvalue weighted by atomic mass is 32.2. The minimum atomic E-state index is -3.43. The third kappa shape index (κ3) is 7.21. The summed E-state index contributed by atoms with van der Waals surface area (Å²) in [5.74, 6) is -0.317. The maximum atomic E-state index is 13.3. The van der Waals surface area contributed by atoms with Crippen molar-refractivity contribution in [3.8, 4) is 0 Å². The molecule has 0 radical (unpaired) electrons. The second-order valence-corrected chi connectivity index (χ2v) is 9.48. The Morgan fingerprint density at radius 3 is 2.34 bits per heavy atom. The minimum Gasteiger partial charge on any atom is -0.348 e. The van der Waals surface area contributed by atoms with Crippen LogP contribution < -0.4 is 10.0 Å². The first-order valence-corrected chi connectivity index (χ1v) is 11.8. The number of nitrogens with one attached hydrogen (secondary N) is 2. The first-order chi connectivity index (χ1) is 15.2. The van der Waals surface area contributed by atoms with Crippen molar-refractivity contribution in [2.45, 2.75) is 38.6 Å². The van der Waals surface area contributed by atoms with Gasteiger partial charge in [0.15, 0.2) is 0 Å². The predicted octanol–water partition coefficient (Wildman–Crippen LogP) is 2.96. The third-order valence-corrected chi connectivity index (χ3v) is 5.98. The largest absolute Gasteiger partial charge is 0.348 e. The molecular formula is C23H25FN4O3S. The molecule has 2 N–H and O–H groups in total. The molecule has 3 aromatic rings. The summed E-state index contributed by atoms with van der Waals surface area (Å²) in [5.41, 5.74) is 2.45. The van der Waals surface area contributed by atoms with E-state index in [1.54, 1.807) is 44.2 Å². The van der Waals surface area contributed by atoms with E-state index in [0.29, 0.717) is 23.4 Å². The molecular weight excluding hydrogens is 431 g/mol. The highest BCUT2D eigenvalue weighted by Crippen LogP contribution is 2.11. The topological polar surface area (TPSA) is 101 Å². The van der Waals surface area contributed by atoms with E-state index in [4.69, 9.17) is 0 Å². The normalized spacial score (nSPS) is 11.5. The molecule has 0 unspecified atom stereocenters. The standard InChI is InChI=1S/C23H25FN4O3S/c1-16(2)28-32(30,31)15-19-7-3-6-18(9-19)12-27-23(29)20-13-25-22(26-14-20)11-17-5-4-8-21(24)10-17/h3-10,13-14,16,28H,11-12,15H2,1-2H3,(H,27,29). The van der Waals surface area contributed by atoms with Crippen LogP contribution in [0.1, 0.15) is 46.7 Å². The lowest BCUT2D eigenvalue weighted by atomic mass is 10.1. The Morgan fingerprint density at radius 1 is 1.00 bits per heavy atom. The van der Waals surface area contributed by atoms with E-state index in [1.165, 1.54) is 24.5 Å². The number of hydrogen-bond acceptors (Lipinski definition) is 5. The summed E-state index contributed by atoms with van der Waals surface area (Å²) >= 11 is 0. The van der Waals surface area contributed by atoms with Crippen molar-refractivity contribution in [3.05, 3.63) is 94.8 Å². The molecule has 0 bridgehead atoms. The summed E-state index contributed by atoms with van der Waals surface area (Å²) in [7, 11) is -3.43. The van der Waals surface area contributed by atoms with E-state index in [0.717, 1.165) is 11.1 Å². The molecule has 0 aliphatic rings. The fourth-order valence-electron chi connectivity index (χ4n) is 3.13. The van der Waals surface area contributed by atoms with Gasteiger partial charge in [0.2, 0.25) is 10.0 Å². The first kappa shape index (κ1) is 23.5. The molecule has 9 heteroatoms. The van der Waals surface area contributed by atoms with Crippen LogP contribution in [0, 0.1) is 5.82 Å². The Hall–Kier alpha value is -3.17. The van der Waals surface area contributed by atoms with Gasteiger partial charge in [-0.3, -0.25) is 4.79 Å². The molecule has 0 aliphatic carbocycles. The molecule has 0 fully saturated rings. The molecule has 7 nitrogen and oxygen atoms in total. The number of rotatable bonds is 9. The van der Waals surface area contributed by atoms with Gasteiger partial charge >= 0.3 is 0 Å². The molecule has 2 aromatic carbocycles. The first-order valence-electron chi connectivity index (χ1n) is 10.1. The molecule has 0 saturated heterocycles. The number of carbonyl (C=O) groups is 1. The van der Waals surface area contributed by atoms with Gasteiger partial charge in [0, 0.05) is 31.4 Å². The Balaban J connectivity index is 1.57. The van der Waals surface area contributed by atoms with Crippen molar-refractivity contribution in [2.24, 2.45) is 0 Å². The zero-order valence-electron chi connectivity index (χ0n) is 17.9. The van der Waals surface area contributed by atoms with Gasteiger partial charge in [-0.05, 0) is 42.7 Å². The van der Waals surface area contributed by atoms with Crippen LogP contribution >= 0.6 is 0 Å². The quantitative estimate of drug-likeness (QED) is 0.516.